The molecule has 2 heterocycles. The summed E-state index contributed by atoms with van der Waals surface area (Å²) >= 11 is 0. The highest BCUT2D eigenvalue weighted by molar-refractivity contribution is 6.22. The van der Waals surface area contributed by atoms with Gasteiger partial charge in [0.1, 0.15) is 13.1 Å². The highest BCUT2D eigenvalue weighted by Gasteiger charge is 2.37. The highest BCUT2D eigenvalue weighted by Crippen LogP contribution is 2.24. The summed E-state index contributed by atoms with van der Waals surface area (Å²) in [4.78, 5) is 56.1. The van der Waals surface area contributed by atoms with Crippen LogP contribution < -0.4 is 4.90 Å². The summed E-state index contributed by atoms with van der Waals surface area (Å²) in [6.07, 6.45) is 0.760. The number of anilines is 1. The van der Waals surface area contributed by atoms with Crippen molar-refractivity contribution in [3.8, 4) is 0 Å². The second-order valence-electron chi connectivity index (χ2n) is 8.39. The van der Waals surface area contributed by atoms with Gasteiger partial charge in [0.05, 0.1) is 11.1 Å². The first-order chi connectivity index (χ1) is 16.5. The minimum absolute atomic E-state index is 0.172. The van der Waals surface area contributed by atoms with Crippen molar-refractivity contribution in [1.82, 2.24) is 9.80 Å². The molecule has 0 aliphatic carbocycles. The quantitative estimate of drug-likeness (QED) is 0.557. The topological polar surface area (TPSA) is 78.0 Å². The van der Waals surface area contributed by atoms with E-state index in [1.165, 1.54) is 10.5 Å². The number of para-hydroxylation sites is 1. The molecule has 0 N–H and O–H groups in total. The van der Waals surface area contributed by atoms with Gasteiger partial charge in [0, 0.05) is 18.8 Å². The van der Waals surface area contributed by atoms with Crippen molar-refractivity contribution in [2.75, 3.05) is 24.5 Å². The van der Waals surface area contributed by atoms with Crippen molar-refractivity contribution in [3.63, 3.8) is 0 Å². The zero-order valence-electron chi connectivity index (χ0n) is 18.5. The lowest BCUT2D eigenvalue weighted by Gasteiger charge is -2.31. The van der Waals surface area contributed by atoms with E-state index in [9.17, 15) is 19.2 Å². The molecule has 7 nitrogen and oxygen atoms in total. The minimum Gasteiger partial charge on any atom is -0.336 e. The average Bonchev–Trinajstić information content (AvgIpc) is 3.12. The van der Waals surface area contributed by atoms with E-state index < -0.39 is 24.3 Å². The SMILES string of the molecule is O=C(CN(C(=O)CN1C(=O)c2ccccc2C1=O)c1ccccc1)N1CCc2ccccc2C1. The Kier molecular flexibility index (Phi) is 5.67. The summed E-state index contributed by atoms with van der Waals surface area (Å²) in [6, 6.07) is 23.4. The molecule has 3 aromatic carbocycles. The minimum atomic E-state index is -0.499. The molecule has 5 rings (SSSR count). The fraction of sp³-hybridized carbons (Fsp3) is 0.185. The molecule has 4 amide bonds. The summed E-state index contributed by atoms with van der Waals surface area (Å²) in [5.74, 6) is -1.68. The van der Waals surface area contributed by atoms with Gasteiger partial charge in [-0.15, -0.1) is 0 Å². The van der Waals surface area contributed by atoms with Crippen molar-refractivity contribution < 1.29 is 19.2 Å². The molecule has 0 saturated carbocycles. The van der Waals surface area contributed by atoms with Crippen LogP contribution in [0.4, 0.5) is 5.69 Å². The maximum atomic E-state index is 13.4. The van der Waals surface area contributed by atoms with Crippen LogP contribution >= 0.6 is 0 Å². The van der Waals surface area contributed by atoms with Gasteiger partial charge in [0.2, 0.25) is 11.8 Å². The Hall–Kier alpha value is -4.26. The zero-order chi connectivity index (χ0) is 23.7. The first kappa shape index (κ1) is 21.6. The predicted octanol–water partition coefficient (Wildman–Crippen LogP) is 2.90. The molecular weight excluding hydrogens is 430 g/mol. The Balaban J connectivity index is 1.35. The summed E-state index contributed by atoms with van der Waals surface area (Å²) in [5, 5.41) is 0. The van der Waals surface area contributed by atoms with Crippen LogP contribution in [0.1, 0.15) is 31.8 Å². The Morgan fingerprint density at radius 3 is 2.03 bits per heavy atom. The van der Waals surface area contributed by atoms with E-state index in [1.807, 2.05) is 24.3 Å². The average molecular weight is 453 g/mol. The molecular formula is C27H23N3O4. The number of hydrogen-bond donors (Lipinski definition) is 0. The van der Waals surface area contributed by atoms with Gasteiger partial charge >= 0.3 is 0 Å². The van der Waals surface area contributed by atoms with E-state index in [1.54, 1.807) is 53.4 Å². The fourth-order valence-electron chi connectivity index (χ4n) is 4.48. The van der Waals surface area contributed by atoms with Crippen molar-refractivity contribution >= 4 is 29.3 Å². The smallest absolute Gasteiger partial charge is 0.262 e. The van der Waals surface area contributed by atoms with Crippen molar-refractivity contribution in [3.05, 3.63) is 101 Å². The maximum absolute atomic E-state index is 13.4. The summed E-state index contributed by atoms with van der Waals surface area (Å²) in [7, 11) is 0. The largest absolute Gasteiger partial charge is 0.336 e. The normalized spacial score (nSPS) is 14.6. The highest BCUT2D eigenvalue weighted by atomic mass is 16.2. The molecule has 2 aliphatic heterocycles. The number of fused-ring (bicyclic) bond motifs is 2. The van der Waals surface area contributed by atoms with E-state index in [0.717, 1.165) is 16.9 Å². The van der Waals surface area contributed by atoms with E-state index >= 15 is 0 Å². The molecule has 34 heavy (non-hydrogen) atoms. The van der Waals surface area contributed by atoms with Crippen molar-refractivity contribution in [1.29, 1.82) is 0 Å². The number of hydrogen-bond acceptors (Lipinski definition) is 4. The Morgan fingerprint density at radius 1 is 0.765 bits per heavy atom. The number of imide groups is 1. The molecule has 7 heteroatoms. The van der Waals surface area contributed by atoms with E-state index in [0.29, 0.717) is 18.8 Å². The molecule has 0 spiro atoms. The second-order valence-corrected chi connectivity index (χ2v) is 8.39. The Labute approximate surface area is 197 Å². The van der Waals surface area contributed by atoms with Gasteiger partial charge in [-0.2, -0.15) is 0 Å². The zero-order valence-corrected chi connectivity index (χ0v) is 18.5. The third kappa shape index (κ3) is 3.96. The summed E-state index contributed by atoms with van der Waals surface area (Å²) in [6.45, 7) is 0.459. The molecule has 2 aliphatic rings. The number of rotatable bonds is 5. The van der Waals surface area contributed by atoms with Gasteiger partial charge in [0.25, 0.3) is 11.8 Å². The van der Waals surface area contributed by atoms with Gasteiger partial charge in [-0.05, 0) is 41.8 Å². The lowest BCUT2D eigenvalue weighted by atomic mass is 10.00. The van der Waals surface area contributed by atoms with Crippen LogP contribution in [-0.4, -0.2) is 53.1 Å². The predicted molar refractivity (Wildman–Crippen MR) is 126 cm³/mol. The monoisotopic (exact) mass is 453 g/mol. The molecule has 0 aromatic heterocycles. The van der Waals surface area contributed by atoms with Crippen LogP contribution in [0.2, 0.25) is 0 Å². The molecule has 3 aromatic rings. The molecule has 0 saturated heterocycles. The van der Waals surface area contributed by atoms with E-state index in [2.05, 4.69) is 6.07 Å². The Morgan fingerprint density at radius 2 is 1.35 bits per heavy atom. The number of amides is 4. The molecule has 0 atom stereocenters. The van der Waals surface area contributed by atoms with Crippen LogP contribution in [0.25, 0.3) is 0 Å². The summed E-state index contributed by atoms with van der Waals surface area (Å²) < 4.78 is 0. The summed E-state index contributed by atoms with van der Waals surface area (Å²) in [5.41, 5.74) is 3.44. The number of carbonyl (C=O) groups excluding carboxylic acids is 4. The van der Waals surface area contributed by atoms with Crippen LogP contribution in [0, 0.1) is 0 Å². The maximum Gasteiger partial charge on any atom is 0.262 e. The first-order valence-electron chi connectivity index (χ1n) is 11.2. The lowest BCUT2D eigenvalue weighted by molar-refractivity contribution is -0.132. The van der Waals surface area contributed by atoms with Crippen molar-refractivity contribution in [2.45, 2.75) is 13.0 Å². The molecule has 0 fully saturated rings. The van der Waals surface area contributed by atoms with Gasteiger partial charge in [-0.25, -0.2) is 0 Å². The molecule has 0 bridgehead atoms. The number of carbonyl (C=O) groups is 4. The van der Waals surface area contributed by atoms with Gasteiger partial charge in [-0.3, -0.25) is 24.1 Å². The van der Waals surface area contributed by atoms with Crippen LogP contribution in [0.5, 0.6) is 0 Å². The van der Waals surface area contributed by atoms with Crippen LogP contribution in [0.3, 0.4) is 0 Å². The fourth-order valence-corrected chi connectivity index (χ4v) is 4.48. The van der Waals surface area contributed by atoms with Crippen LogP contribution in [-0.2, 0) is 22.6 Å². The number of nitrogens with zero attached hydrogens (tertiary/aromatic N) is 3. The standard InChI is InChI=1S/C27H23N3O4/c31-24(28-15-14-19-8-4-5-9-20(19)16-28)17-29(21-10-2-1-3-11-21)25(32)18-30-26(33)22-12-6-7-13-23(22)27(30)34/h1-13H,14-18H2. The van der Waals surface area contributed by atoms with Crippen LogP contribution in [0.15, 0.2) is 78.9 Å². The first-order valence-corrected chi connectivity index (χ1v) is 11.2. The lowest BCUT2D eigenvalue weighted by Crippen LogP contribution is -2.48. The van der Waals surface area contributed by atoms with E-state index in [4.69, 9.17) is 0 Å². The molecule has 0 unspecified atom stereocenters. The van der Waals surface area contributed by atoms with Crippen molar-refractivity contribution in [2.24, 2.45) is 0 Å². The van der Waals surface area contributed by atoms with Gasteiger partial charge in [-0.1, -0.05) is 54.6 Å². The van der Waals surface area contributed by atoms with Gasteiger partial charge < -0.3 is 9.80 Å². The second kappa shape index (κ2) is 8.94. The molecule has 0 radical (unpaired) electrons. The van der Waals surface area contributed by atoms with Gasteiger partial charge in [0.15, 0.2) is 0 Å². The number of benzene rings is 3. The third-order valence-electron chi connectivity index (χ3n) is 6.32. The molecule has 170 valence electrons. The Bertz CT molecular complexity index is 1250. The third-order valence-corrected chi connectivity index (χ3v) is 6.32. The van der Waals surface area contributed by atoms with E-state index in [-0.39, 0.29) is 23.6 Å².